The maximum atomic E-state index is 12.3. The first kappa shape index (κ1) is 19.2. The number of hydrogen-bond acceptors (Lipinski definition) is 4. The second-order valence-electron chi connectivity index (χ2n) is 6.06. The fourth-order valence-corrected chi connectivity index (χ4v) is 3.33. The van der Waals surface area contributed by atoms with Crippen LogP contribution in [-0.4, -0.2) is 51.7 Å². The van der Waals surface area contributed by atoms with Crippen LogP contribution in [0, 0.1) is 0 Å². The van der Waals surface area contributed by atoms with E-state index in [0.717, 1.165) is 5.56 Å². The smallest absolute Gasteiger partial charge is 0.314 e. The van der Waals surface area contributed by atoms with Gasteiger partial charge in [0.2, 0.25) is 10.0 Å². The van der Waals surface area contributed by atoms with Gasteiger partial charge in [-0.2, -0.15) is 13.2 Å². The minimum absolute atomic E-state index is 0.0799. The van der Waals surface area contributed by atoms with Crippen LogP contribution in [0.2, 0.25) is 0 Å². The number of likely N-dealkylation sites (tertiary alicyclic amines) is 1. The number of piperidine rings is 1. The monoisotopic (exact) mass is 365 g/mol. The zero-order chi connectivity index (χ0) is 17.8. The summed E-state index contributed by atoms with van der Waals surface area (Å²) in [4.78, 5) is 1.51. The summed E-state index contributed by atoms with van der Waals surface area (Å²) in [6, 6.07) is 6.60. The lowest BCUT2D eigenvalue weighted by atomic mass is 10.0. The predicted molar refractivity (Wildman–Crippen MR) is 85.0 cm³/mol. The molecule has 9 heteroatoms. The molecule has 1 aromatic carbocycles. The molecule has 0 amide bonds. The number of primary sulfonamides is 1. The Morgan fingerprint density at radius 1 is 1.17 bits per heavy atom. The van der Waals surface area contributed by atoms with Crippen LogP contribution in [0.4, 0.5) is 13.2 Å². The molecule has 1 aromatic rings. The van der Waals surface area contributed by atoms with Crippen LogP contribution >= 0.6 is 0 Å². The molecule has 1 heterocycles. The number of hydrogen-bond donors (Lipinski definition) is 2. The second-order valence-corrected chi connectivity index (χ2v) is 7.62. The van der Waals surface area contributed by atoms with Crippen molar-refractivity contribution in [2.75, 3.05) is 26.2 Å². The highest BCUT2D eigenvalue weighted by molar-refractivity contribution is 7.89. The molecule has 0 saturated carbocycles. The summed E-state index contributed by atoms with van der Waals surface area (Å²) in [6.07, 6.45) is -2.03. The molecule has 5 nitrogen and oxygen atoms in total. The van der Waals surface area contributed by atoms with Crippen molar-refractivity contribution in [1.29, 1.82) is 0 Å². The summed E-state index contributed by atoms with van der Waals surface area (Å²) in [7, 11) is -3.68. The lowest BCUT2D eigenvalue weighted by molar-refractivity contribution is -0.148. The third-order valence-electron chi connectivity index (χ3n) is 4.09. The average Bonchev–Trinajstić information content (AvgIpc) is 2.47. The van der Waals surface area contributed by atoms with Crippen LogP contribution in [0.15, 0.2) is 29.2 Å². The van der Waals surface area contributed by atoms with Crippen LogP contribution in [0.1, 0.15) is 18.4 Å². The highest BCUT2D eigenvalue weighted by atomic mass is 32.2. The highest BCUT2D eigenvalue weighted by Gasteiger charge is 2.32. The van der Waals surface area contributed by atoms with E-state index in [0.29, 0.717) is 38.9 Å². The van der Waals surface area contributed by atoms with Gasteiger partial charge in [0.1, 0.15) is 0 Å². The molecule has 1 aliphatic rings. The van der Waals surface area contributed by atoms with Crippen molar-refractivity contribution >= 4 is 10.0 Å². The number of nitrogens with one attached hydrogen (secondary N) is 1. The van der Waals surface area contributed by atoms with Gasteiger partial charge >= 0.3 is 6.18 Å². The Balaban J connectivity index is 1.70. The van der Waals surface area contributed by atoms with Gasteiger partial charge in [-0.3, -0.25) is 4.90 Å². The lowest BCUT2D eigenvalue weighted by Crippen LogP contribution is -2.45. The normalized spacial score (nSPS) is 18.0. The SMILES string of the molecule is NS(=O)(=O)c1ccc(CCNC2CCN(CC(F)(F)F)CC2)cc1. The number of alkyl halides is 3. The quantitative estimate of drug-likeness (QED) is 0.801. The molecule has 1 fully saturated rings. The lowest BCUT2D eigenvalue weighted by Gasteiger charge is -2.32. The summed E-state index contributed by atoms with van der Waals surface area (Å²) in [5.74, 6) is 0. The van der Waals surface area contributed by atoms with Crippen molar-refractivity contribution in [1.82, 2.24) is 10.2 Å². The molecule has 0 aromatic heterocycles. The van der Waals surface area contributed by atoms with Gasteiger partial charge in [-0.15, -0.1) is 0 Å². The van der Waals surface area contributed by atoms with Gasteiger partial charge in [-0.1, -0.05) is 12.1 Å². The molecule has 1 aliphatic heterocycles. The molecular formula is C15H22F3N3O2S. The minimum Gasteiger partial charge on any atom is -0.314 e. The summed E-state index contributed by atoms with van der Waals surface area (Å²) >= 11 is 0. The van der Waals surface area contributed by atoms with E-state index in [1.807, 2.05) is 0 Å². The van der Waals surface area contributed by atoms with E-state index in [1.165, 1.54) is 17.0 Å². The number of rotatable bonds is 6. The van der Waals surface area contributed by atoms with Crippen molar-refractivity contribution in [3.8, 4) is 0 Å². The molecule has 0 bridgehead atoms. The fraction of sp³-hybridized carbons (Fsp3) is 0.600. The van der Waals surface area contributed by atoms with E-state index >= 15 is 0 Å². The summed E-state index contributed by atoms with van der Waals surface area (Å²) in [5, 5.41) is 8.39. The first-order valence-corrected chi connectivity index (χ1v) is 9.32. The van der Waals surface area contributed by atoms with Crippen LogP contribution in [0.3, 0.4) is 0 Å². The zero-order valence-electron chi connectivity index (χ0n) is 13.2. The van der Waals surface area contributed by atoms with Gasteiger partial charge in [0.05, 0.1) is 11.4 Å². The van der Waals surface area contributed by atoms with Gasteiger partial charge < -0.3 is 5.32 Å². The Hall–Kier alpha value is -1.16. The van der Waals surface area contributed by atoms with Crippen molar-refractivity contribution in [2.24, 2.45) is 5.14 Å². The number of sulfonamides is 1. The molecule has 136 valence electrons. The standard InChI is InChI=1S/C15H22F3N3O2S/c16-15(17,18)11-21-9-6-13(7-10-21)20-8-5-12-1-3-14(4-2-12)24(19,22)23/h1-4,13,20H,5-11H2,(H2,19,22,23). The molecule has 3 N–H and O–H groups in total. The van der Waals surface area contributed by atoms with Gasteiger partial charge in [0.25, 0.3) is 0 Å². The van der Waals surface area contributed by atoms with Gasteiger partial charge in [0.15, 0.2) is 0 Å². The summed E-state index contributed by atoms with van der Waals surface area (Å²) < 4.78 is 59.3. The Labute approximate surface area is 140 Å². The topological polar surface area (TPSA) is 75.4 Å². The first-order valence-electron chi connectivity index (χ1n) is 7.78. The molecular weight excluding hydrogens is 343 g/mol. The van der Waals surface area contributed by atoms with Gasteiger partial charge in [0, 0.05) is 6.04 Å². The van der Waals surface area contributed by atoms with E-state index in [9.17, 15) is 21.6 Å². The van der Waals surface area contributed by atoms with Crippen molar-refractivity contribution in [3.63, 3.8) is 0 Å². The maximum absolute atomic E-state index is 12.3. The van der Waals surface area contributed by atoms with Gasteiger partial charge in [-0.25, -0.2) is 13.6 Å². The molecule has 24 heavy (non-hydrogen) atoms. The number of benzene rings is 1. The highest BCUT2D eigenvalue weighted by Crippen LogP contribution is 2.19. The van der Waals surface area contributed by atoms with Crippen LogP contribution in [0.5, 0.6) is 0 Å². The van der Waals surface area contributed by atoms with E-state index in [4.69, 9.17) is 5.14 Å². The second kappa shape index (κ2) is 7.81. The van der Waals surface area contributed by atoms with Crippen molar-refractivity contribution in [3.05, 3.63) is 29.8 Å². The Morgan fingerprint density at radius 2 is 1.75 bits per heavy atom. The average molecular weight is 365 g/mol. The number of nitrogens with zero attached hydrogens (tertiary/aromatic N) is 1. The predicted octanol–water partition coefficient (Wildman–Crippen LogP) is 1.49. The molecule has 0 spiro atoms. The maximum Gasteiger partial charge on any atom is 0.401 e. The van der Waals surface area contributed by atoms with E-state index in [2.05, 4.69) is 5.32 Å². The molecule has 2 rings (SSSR count). The molecule has 0 aliphatic carbocycles. The number of halogens is 3. The Morgan fingerprint density at radius 3 is 2.25 bits per heavy atom. The Bertz CT molecular complexity index is 624. The third-order valence-corrected chi connectivity index (χ3v) is 5.02. The molecule has 1 saturated heterocycles. The van der Waals surface area contributed by atoms with Crippen LogP contribution in [0.25, 0.3) is 0 Å². The number of nitrogens with two attached hydrogens (primary N) is 1. The molecule has 0 unspecified atom stereocenters. The van der Waals surface area contributed by atoms with E-state index in [-0.39, 0.29) is 10.9 Å². The Kier molecular flexibility index (Phi) is 6.24. The molecule has 0 radical (unpaired) electrons. The summed E-state index contributed by atoms with van der Waals surface area (Å²) in [5.41, 5.74) is 0.976. The minimum atomic E-state index is -4.14. The first-order chi connectivity index (χ1) is 11.1. The van der Waals surface area contributed by atoms with Crippen LogP contribution in [-0.2, 0) is 16.4 Å². The van der Waals surface area contributed by atoms with E-state index in [1.54, 1.807) is 12.1 Å². The molecule has 0 atom stereocenters. The zero-order valence-corrected chi connectivity index (χ0v) is 14.0. The fourth-order valence-electron chi connectivity index (χ4n) is 2.82. The largest absolute Gasteiger partial charge is 0.401 e. The summed E-state index contributed by atoms with van der Waals surface area (Å²) in [6.45, 7) is 0.745. The van der Waals surface area contributed by atoms with E-state index < -0.39 is 22.7 Å². The van der Waals surface area contributed by atoms with Crippen molar-refractivity contribution < 1.29 is 21.6 Å². The van der Waals surface area contributed by atoms with Crippen LogP contribution < -0.4 is 10.5 Å². The third kappa shape index (κ3) is 6.39. The van der Waals surface area contributed by atoms with Crippen molar-refractivity contribution in [2.45, 2.75) is 36.4 Å². The van der Waals surface area contributed by atoms with Gasteiger partial charge in [-0.05, 0) is 56.6 Å².